The zero-order valence-corrected chi connectivity index (χ0v) is 19.3. The third-order valence-electron chi connectivity index (χ3n) is 6.38. The predicted octanol–water partition coefficient (Wildman–Crippen LogP) is 5.77. The van der Waals surface area contributed by atoms with Crippen LogP contribution in [-0.2, 0) is 16.0 Å². The van der Waals surface area contributed by atoms with Gasteiger partial charge in [-0.3, -0.25) is 9.59 Å². The number of amides is 1. The Bertz CT molecular complexity index is 1190. The van der Waals surface area contributed by atoms with Crippen molar-refractivity contribution in [1.29, 1.82) is 0 Å². The van der Waals surface area contributed by atoms with E-state index in [9.17, 15) is 18.4 Å². The Morgan fingerprint density at radius 2 is 1.82 bits per heavy atom. The number of nitrogens with one attached hydrogen (secondary N) is 2. The summed E-state index contributed by atoms with van der Waals surface area (Å²) in [5, 5.41) is 5.87. The van der Waals surface area contributed by atoms with Gasteiger partial charge in [0.15, 0.2) is 5.78 Å². The quantitative estimate of drug-likeness (QED) is 0.622. The number of dihydropyridines is 1. The molecule has 0 aromatic heterocycles. The fourth-order valence-electron chi connectivity index (χ4n) is 4.80. The number of halogens is 2. The lowest BCUT2D eigenvalue weighted by Crippen LogP contribution is -2.39. The van der Waals surface area contributed by atoms with Gasteiger partial charge in [-0.2, -0.15) is 0 Å². The van der Waals surface area contributed by atoms with E-state index < -0.39 is 23.5 Å². The van der Waals surface area contributed by atoms with Crippen molar-refractivity contribution < 1.29 is 18.4 Å². The number of aryl methyl sites for hydroxylation is 1. The number of hydrogen-bond acceptors (Lipinski definition) is 3. The molecule has 1 heterocycles. The van der Waals surface area contributed by atoms with Crippen LogP contribution in [0.15, 0.2) is 65.0 Å². The normalized spacial score (nSPS) is 19.8. The fourth-order valence-corrected chi connectivity index (χ4v) is 4.80. The number of ketones is 1. The van der Waals surface area contributed by atoms with Crippen LogP contribution in [-0.4, -0.2) is 11.7 Å². The van der Waals surface area contributed by atoms with Crippen LogP contribution < -0.4 is 10.6 Å². The van der Waals surface area contributed by atoms with Crippen molar-refractivity contribution in [3.05, 3.63) is 87.8 Å². The molecule has 0 saturated heterocycles. The smallest absolute Gasteiger partial charge is 0.254 e. The van der Waals surface area contributed by atoms with Gasteiger partial charge in [-0.1, -0.05) is 45.0 Å². The minimum atomic E-state index is -0.857. The minimum absolute atomic E-state index is 0.00378. The van der Waals surface area contributed by atoms with E-state index in [1.54, 1.807) is 6.92 Å². The molecule has 0 fully saturated rings. The van der Waals surface area contributed by atoms with Crippen molar-refractivity contribution >= 4 is 17.4 Å². The number of hydrogen-bond donors (Lipinski definition) is 2. The summed E-state index contributed by atoms with van der Waals surface area (Å²) in [6, 6.07) is 10.9. The minimum Gasteiger partial charge on any atom is -0.362 e. The monoisotopic (exact) mass is 450 g/mol. The van der Waals surface area contributed by atoms with Crippen LogP contribution in [0.4, 0.5) is 14.5 Å². The van der Waals surface area contributed by atoms with Crippen LogP contribution >= 0.6 is 0 Å². The van der Waals surface area contributed by atoms with E-state index in [2.05, 4.69) is 31.4 Å². The molecule has 172 valence electrons. The molecule has 33 heavy (non-hydrogen) atoms. The molecule has 6 heteroatoms. The number of allylic oxidation sites excluding steroid dienone is 3. The van der Waals surface area contributed by atoms with Gasteiger partial charge in [0.2, 0.25) is 0 Å². The Morgan fingerprint density at radius 1 is 1.12 bits per heavy atom. The van der Waals surface area contributed by atoms with Gasteiger partial charge in [0.1, 0.15) is 11.6 Å². The molecule has 2 aromatic rings. The summed E-state index contributed by atoms with van der Waals surface area (Å²) < 4.78 is 27.6. The van der Waals surface area contributed by atoms with E-state index in [0.717, 1.165) is 35.4 Å². The average Bonchev–Trinajstić information content (AvgIpc) is 2.73. The second-order valence-corrected chi connectivity index (χ2v) is 9.60. The fraction of sp³-hybridized carbons (Fsp3) is 0.333. The van der Waals surface area contributed by atoms with Crippen molar-refractivity contribution in [2.24, 2.45) is 5.41 Å². The molecule has 0 bridgehead atoms. The first-order valence-electron chi connectivity index (χ1n) is 11.2. The highest BCUT2D eigenvalue weighted by atomic mass is 19.1. The molecule has 2 aliphatic rings. The van der Waals surface area contributed by atoms with E-state index in [1.807, 2.05) is 24.3 Å². The summed E-state index contributed by atoms with van der Waals surface area (Å²) in [5.74, 6) is -2.67. The molecule has 0 saturated carbocycles. The van der Waals surface area contributed by atoms with Crippen LogP contribution in [0.5, 0.6) is 0 Å². The van der Waals surface area contributed by atoms with E-state index in [0.29, 0.717) is 29.7 Å². The van der Waals surface area contributed by atoms with Crippen LogP contribution in [0.2, 0.25) is 0 Å². The molecule has 1 amide bonds. The van der Waals surface area contributed by atoms with Gasteiger partial charge in [-0.25, -0.2) is 8.78 Å². The topological polar surface area (TPSA) is 58.2 Å². The van der Waals surface area contributed by atoms with Crippen LogP contribution in [0.1, 0.15) is 57.6 Å². The molecule has 0 radical (unpaired) electrons. The van der Waals surface area contributed by atoms with Gasteiger partial charge in [0.25, 0.3) is 5.91 Å². The third-order valence-corrected chi connectivity index (χ3v) is 6.38. The van der Waals surface area contributed by atoms with Crippen molar-refractivity contribution in [1.82, 2.24) is 5.32 Å². The van der Waals surface area contributed by atoms with Gasteiger partial charge in [-0.05, 0) is 48.4 Å². The number of anilines is 1. The van der Waals surface area contributed by atoms with E-state index in [-0.39, 0.29) is 16.9 Å². The number of carbonyl (C=O) groups excluding carboxylic acids is 2. The lowest BCUT2D eigenvalue weighted by atomic mass is 9.68. The number of Topliss-reactive ketones (excluding diaryl/α,β-unsaturated/α-hetero) is 1. The standard InChI is InChI=1S/C27H28F2N2O2/c1-5-16-6-8-17(9-7-16)24-23(26(33)31-20-11-10-18(28)12-19(20)29)15(2)30-21-13-27(3,4)14-22(32)25(21)24/h6-12,24,30H,5,13-14H2,1-4H3,(H,31,33)/t24-/m0/s1. The molecular formula is C27H28F2N2O2. The average molecular weight is 451 g/mol. The van der Waals surface area contributed by atoms with Gasteiger partial charge >= 0.3 is 0 Å². The molecule has 1 aliphatic carbocycles. The van der Waals surface area contributed by atoms with Crippen molar-refractivity contribution in [3.63, 3.8) is 0 Å². The summed E-state index contributed by atoms with van der Waals surface area (Å²) in [6.45, 7) is 7.96. The molecule has 1 atom stereocenters. The first kappa shape index (κ1) is 22.9. The largest absolute Gasteiger partial charge is 0.362 e. The summed E-state index contributed by atoms with van der Waals surface area (Å²) in [7, 11) is 0. The highest BCUT2D eigenvalue weighted by Gasteiger charge is 2.42. The van der Waals surface area contributed by atoms with Crippen LogP contribution in [0.3, 0.4) is 0 Å². The van der Waals surface area contributed by atoms with Crippen molar-refractivity contribution in [2.75, 3.05) is 5.32 Å². The van der Waals surface area contributed by atoms with Crippen LogP contribution in [0.25, 0.3) is 0 Å². The zero-order chi connectivity index (χ0) is 23.9. The van der Waals surface area contributed by atoms with E-state index in [4.69, 9.17) is 0 Å². The van der Waals surface area contributed by atoms with E-state index in [1.165, 1.54) is 6.07 Å². The van der Waals surface area contributed by atoms with Gasteiger partial charge in [-0.15, -0.1) is 0 Å². The maximum Gasteiger partial charge on any atom is 0.254 e. The highest BCUT2D eigenvalue weighted by molar-refractivity contribution is 6.10. The summed E-state index contributed by atoms with van der Waals surface area (Å²) >= 11 is 0. The molecule has 2 aromatic carbocycles. The lowest BCUT2D eigenvalue weighted by molar-refractivity contribution is -0.118. The van der Waals surface area contributed by atoms with Gasteiger partial charge in [0.05, 0.1) is 5.69 Å². The number of carbonyl (C=O) groups is 2. The molecular weight excluding hydrogens is 422 g/mol. The van der Waals surface area contributed by atoms with Gasteiger partial charge < -0.3 is 10.6 Å². The Labute approximate surface area is 192 Å². The Morgan fingerprint density at radius 3 is 2.45 bits per heavy atom. The third kappa shape index (κ3) is 4.47. The molecule has 2 N–H and O–H groups in total. The van der Waals surface area contributed by atoms with Crippen molar-refractivity contribution in [2.45, 2.75) is 52.9 Å². The van der Waals surface area contributed by atoms with E-state index >= 15 is 0 Å². The lowest BCUT2D eigenvalue weighted by Gasteiger charge is -2.39. The Kier molecular flexibility index (Phi) is 5.95. The van der Waals surface area contributed by atoms with Gasteiger partial charge in [0, 0.05) is 40.9 Å². The Balaban J connectivity index is 1.80. The molecule has 0 spiro atoms. The Hall–Kier alpha value is -3.28. The number of rotatable bonds is 4. The highest BCUT2D eigenvalue weighted by Crippen LogP contribution is 2.46. The first-order chi connectivity index (χ1) is 15.6. The molecule has 4 rings (SSSR count). The van der Waals surface area contributed by atoms with Crippen LogP contribution in [0, 0.1) is 17.0 Å². The molecule has 0 unspecified atom stereocenters. The maximum atomic E-state index is 14.2. The van der Waals surface area contributed by atoms with Crippen molar-refractivity contribution in [3.8, 4) is 0 Å². The predicted molar refractivity (Wildman–Crippen MR) is 124 cm³/mol. The summed E-state index contributed by atoms with van der Waals surface area (Å²) in [4.78, 5) is 26.7. The maximum absolute atomic E-state index is 14.2. The second kappa shape index (κ2) is 8.58. The zero-order valence-electron chi connectivity index (χ0n) is 19.3. The first-order valence-corrected chi connectivity index (χ1v) is 11.2. The summed E-state index contributed by atoms with van der Waals surface area (Å²) in [5.41, 5.74) is 4.08. The number of benzene rings is 2. The summed E-state index contributed by atoms with van der Waals surface area (Å²) in [6.07, 6.45) is 1.95. The SMILES string of the molecule is CCc1ccc([C@H]2C(C(=O)Nc3ccc(F)cc3F)=C(C)NC3=C2C(=O)CC(C)(C)C3)cc1. The second-order valence-electron chi connectivity index (χ2n) is 9.60. The molecule has 1 aliphatic heterocycles. The molecule has 4 nitrogen and oxygen atoms in total.